The van der Waals surface area contributed by atoms with Crippen LogP contribution in [0.3, 0.4) is 0 Å². The number of halogens is 1. The van der Waals surface area contributed by atoms with E-state index in [0.717, 1.165) is 27.3 Å². The molecule has 1 N–H and O–H groups in total. The van der Waals surface area contributed by atoms with E-state index in [2.05, 4.69) is 15.4 Å². The number of carbonyl (C=O) groups is 1. The molecule has 0 saturated heterocycles. The second kappa shape index (κ2) is 6.92. The first-order valence-corrected chi connectivity index (χ1v) is 9.30. The molecule has 5 nitrogen and oxygen atoms in total. The Labute approximate surface area is 159 Å². The number of thiophene rings is 1. The van der Waals surface area contributed by atoms with E-state index in [1.165, 1.54) is 23.5 Å². The molecule has 0 spiro atoms. The Hall–Kier alpha value is -3.06. The van der Waals surface area contributed by atoms with E-state index in [1.807, 2.05) is 32.0 Å². The lowest BCUT2D eigenvalue weighted by molar-refractivity contribution is 0.0944. The van der Waals surface area contributed by atoms with Crippen LogP contribution in [0, 0.1) is 12.7 Å². The third kappa shape index (κ3) is 3.33. The van der Waals surface area contributed by atoms with E-state index < -0.39 is 0 Å². The number of nitrogens with one attached hydrogen (secondary N) is 1. The van der Waals surface area contributed by atoms with Crippen molar-refractivity contribution in [1.29, 1.82) is 0 Å². The Balaban J connectivity index is 1.60. The summed E-state index contributed by atoms with van der Waals surface area (Å²) in [6.07, 6.45) is 3.46. The number of hydrogen-bond acceptors (Lipinski definition) is 4. The Kier molecular flexibility index (Phi) is 4.45. The molecule has 1 aromatic carbocycles. The van der Waals surface area contributed by atoms with Gasteiger partial charge in [-0.3, -0.25) is 4.79 Å². The van der Waals surface area contributed by atoms with Gasteiger partial charge in [-0.25, -0.2) is 13.9 Å². The van der Waals surface area contributed by atoms with Crippen LogP contribution in [-0.4, -0.2) is 20.5 Å². The molecule has 1 unspecified atom stereocenters. The highest BCUT2D eigenvalue weighted by atomic mass is 32.1. The number of carbonyl (C=O) groups excluding carboxylic acids is 1. The second-order valence-corrected chi connectivity index (χ2v) is 7.52. The molecule has 0 radical (unpaired) electrons. The molecule has 4 aromatic rings. The van der Waals surface area contributed by atoms with Gasteiger partial charge in [0.15, 0.2) is 5.65 Å². The maximum Gasteiger partial charge on any atom is 0.261 e. The summed E-state index contributed by atoms with van der Waals surface area (Å²) in [5, 5.41) is 7.26. The number of amides is 1. The summed E-state index contributed by atoms with van der Waals surface area (Å²) in [5.74, 6) is -0.504. The molecule has 4 rings (SSSR count). The van der Waals surface area contributed by atoms with Gasteiger partial charge in [-0.05, 0) is 49.7 Å². The number of imidazole rings is 1. The highest BCUT2D eigenvalue weighted by molar-refractivity contribution is 7.14. The number of benzene rings is 1. The van der Waals surface area contributed by atoms with Crippen LogP contribution in [0.1, 0.15) is 33.1 Å². The monoisotopic (exact) mass is 380 g/mol. The summed E-state index contributed by atoms with van der Waals surface area (Å²) in [4.78, 5) is 18.6. The Bertz CT molecular complexity index is 1130. The summed E-state index contributed by atoms with van der Waals surface area (Å²) in [7, 11) is 0. The van der Waals surface area contributed by atoms with E-state index in [1.54, 1.807) is 29.0 Å². The molecule has 0 saturated carbocycles. The molecule has 1 amide bonds. The highest BCUT2D eigenvalue weighted by Gasteiger charge is 2.18. The first kappa shape index (κ1) is 17.4. The van der Waals surface area contributed by atoms with Gasteiger partial charge < -0.3 is 5.32 Å². The number of aryl methyl sites for hydroxylation is 1. The van der Waals surface area contributed by atoms with Gasteiger partial charge in [0, 0.05) is 16.6 Å². The van der Waals surface area contributed by atoms with Crippen LogP contribution in [0.25, 0.3) is 16.9 Å². The third-order valence-corrected chi connectivity index (χ3v) is 5.44. The molecule has 7 heteroatoms. The molecule has 136 valence electrons. The van der Waals surface area contributed by atoms with Crippen LogP contribution in [-0.2, 0) is 0 Å². The lowest BCUT2D eigenvalue weighted by atomic mass is 10.1. The second-order valence-electron chi connectivity index (χ2n) is 6.27. The summed E-state index contributed by atoms with van der Waals surface area (Å²) in [6, 6.07) is 11.5. The summed E-state index contributed by atoms with van der Waals surface area (Å²) in [5.41, 5.74) is 3.25. The van der Waals surface area contributed by atoms with Gasteiger partial charge in [0.05, 0.1) is 22.8 Å². The molecule has 0 bridgehead atoms. The van der Waals surface area contributed by atoms with Crippen molar-refractivity contribution in [1.82, 2.24) is 19.9 Å². The summed E-state index contributed by atoms with van der Waals surface area (Å²) >= 11 is 1.41. The minimum atomic E-state index is -0.317. The van der Waals surface area contributed by atoms with Crippen molar-refractivity contribution in [3.05, 3.63) is 76.0 Å². The van der Waals surface area contributed by atoms with Crippen molar-refractivity contribution >= 4 is 22.9 Å². The standard InChI is InChI=1S/C20H17FN4OS/c1-12(14-5-3-6-15(21)9-14)24-20(26)18-10-16(13(2)27-18)17-11-22-19-7-4-8-23-25(17)19/h3-12H,1-2H3,(H,24,26). The third-order valence-electron chi connectivity index (χ3n) is 4.39. The Morgan fingerprint density at radius 2 is 2.11 bits per heavy atom. The smallest absolute Gasteiger partial charge is 0.261 e. The average Bonchev–Trinajstić information content (AvgIpc) is 3.25. The minimum absolute atomic E-state index is 0.187. The summed E-state index contributed by atoms with van der Waals surface area (Å²) < 4.78 is 15.2. The van der Waals surface area contributed by atoms with E-state index in [4.69, 9.17) is 0 Å². The van der Waals surface area contributed by atoms with Crippen molar-refractivity contribution in [3.8, 4) is 11.3 Å². The quantitative estimate of drug-likeness (QED) is 0.571. The average molecular weight is 380 g/mol. The molecule has 3 heterocycles. The molecule has 0 aliphatic carbocycles. The summed E-state index contributed by atoms with van der Waals surface area (Å²) in [6.45, 7) is 3.80. The lowest BCUT2D eigenvalue weighted by Crippen LogP contribution is -2.25. The highest BCUT2D eigenvalue weighted by Crippen LogP contribution is 2.31. The number of hydrogen-bond donors (Lipinski definition) is 1. The zero-order valence-corrected chi connectivity index (χ0v) is 15.6. The van der Waals surface area contributed by atoms with Gasteiger partial charge in [-0.15, -0.1) is 11.3 Å². The number of fused-ring (bicyclic) bond motifs is 1. The Morgan fingerprint density at radius 1 is 1.26 bits per heavy atom. The normalized spacial score (nSPS) is 12.3. The SMILES string of the molecule is Cc1sc(C(=O)NC(C)c2cccc(F)c2)cc1-c1cnc2cccnn12. The largest absolute Gasteiger partial charge is 0.345 e. The molecular weight excluding hydrogens is 363 g/mol. The topological polar surface area (TPSA) is 59.3 Å². The number of rotatable bonds is 4. The fourth-order valence-corrected chi connectivity index (χ4v) is 3.92. The van der Waals surface area contributed by atoms with Crippen molar-refractivity contribution < 1.29 is 9.18 Å². The van der Waals surface area contributed by atoms with Crippen LogP contribution < -0.4 is 5.32 Å². The molecule has 3 aromatic heterocycles. The molecular formula is C20H17FN4OS. The Morgan fingerprint density at radius 3 is 2.93 bits per heavy atom. The zero-order chi connectivity index (χ0) is 19.0. The predicted molar refractivity (Wildman–Crippen MR) is 103 cm³/mol. The van der Waals surface area contributed by atoms with Crippen LogP contribution in [0.4, 0.5) is 4.39 Å². The number of aromatic nitrogens is 3. The van der Waals surface area contributed by atoms with Crippen LogP contribution in [0.5, 0.6) is 0 Å². The molecule has 0 aliphatic heterocycles. The van der Waals surface area contributed by atoms with E-state index in [-0.39, 0.29) is 17.8 Å². The van der Waals surface area contributed by atoms with Crippen LogP contribution in [0.2, 0.25) is 0 Å². The predicted octanol–water partition coefficient (Wildman–Crippen LogP) is 4.40. The van der Waals surface area contributed by atoms with Gasteiger partial charge >= 0.3 is 0 Å². The van der Waals surface area contributed by atoms with E-state index >= 15 is 0 Å². The molecule has 27 heavy (non-hydrogen) atoms. The first-order chi connectivity index (χ1) is 13.0. The first-order valence-electron chi connectivity index (χ1n) is 8.49. The fraction of sp³-hybridized carbons (Fsp3) is 0.150. The van der Waals surface area contributed by atoms with Gasteiger partial charge in [0.1, 0.15) is 5.82 Å². The molecule has 0 fully saturated rings. The fourth-order valence-electron chi connectivity index (χ4n) is 2.99. The van der Waals surface area contributed by atoms with Gasteiger partial charge in [-0.1, -0.05) is 12.1 Å². The van der Waals surface area contributed by atoms with Crippen LogP contribution >= 0.6 is 11.3 Å². The molecule has 1 atom stereocenters. The van der Waals surface area contributed by atoms with Crippen molar-refractivity contribution in [2.75, 3.05) is 0 Å². The zero-order valence-electron chi connectivity index (χ0n) is 14.8. The van der Waals surface area contributed by atoms with Crippen molar-refractivity contribution in [2.45, 2.75) is 19.9 Å². The van der Waals surface area contributed by atoms with Gasteiger partial charge in [0.2, 0.25) is 0 Å². The van der Waals surface area contributed by atoms with Gasteiger partial charge in [-0.2, -0.15) is 5.10 Å². The van der Waals surface area contributed by atoms with Crippen molar-refractivity contribution in [3.63, 3.8) is 0 Å². The van der Waals surface area contributed by atoms with E-state index in [9.17, 15) is 9.18 Å². The van der Waals surface area contributed by atoms with E-state index in [0.29, 0.717) is 4.88 Å². The maximum absolute atomic E-state index is 13.4. The molecule has 0 aliphatic rings. The van der Waals surface area contributed by atoms with Crippen LogP contribution in [0.15, 0.2) is 54.9 Å². The minimum Gasteiger partial charge on any atom is -0.345 e. The van der Waals surface area contributed by atoms with Gasteiger partial charge in [0.25, 0.3) is 5.91 Å². The maximum atomic E-state index is 13.4. The number of nitrogens with zero attached hydrogens (tertiary/aromatic N) is 3. The lowest BCUT2D eigenvalue weighted by Gasteiger charge is -2.13. The van der Waals surface area contributed by atoms with Crippen molar-refractivity contribution in [2.24, 2.45) is 0 Å².